The Morgan fingerprint density at radius 3 is 1.29 bits per heavy atom. The standard InChI is InChI=1S/C12H23FN2O2.C10H20N2O2.C7H15FN2.C3H5I3.C3H6I.C2H4FI.CH4O.ClH.V/c1-12(2,3)17-11(16)14-10-4-7-15(8-5-10)9-6-13;1-10(2,3)14-9(13)12-8-4-6-11-7-5-8;8-3-6-10-4-1-7(9)2-5-10;1-3(5,6)2-4;1-3(2)4;3-1-2-4;1-2;;/h10H,4-9H2,1-3H3,(H,14,16);8,11H,4-7H2,1-3H3,(H,12,13);7H,1-6,9H2;2H2,1H3;1-2H3;1-2H2;2H,1H3;1H;/q;;;;-1;;;;. The van der Waals surface area contributed by atoms with Gasteiger partial charge in [0, 0.05) is 78.8 Å². The summed E-state index contributed by atoms with van der Waals surface area (Å²) in [6.07, 6.45) is 5.09. The zero-order valence-electron chi connectivity index (χ0n) is 37.1. The summed E-state index contributed by atoms with van der Waals surface area (Å²) in [5.74, 6) is 0. The summed E-state index contributed by atoms with van der Waals surface area (Å²) in [5, 5.41) is 16.0. The van der Waals surface area contributed by atoms with Gasteiger partial charge in [-0.05, 0) is 113 Å². The Labute approximate surface area is 443 Å². The van der Waals surface area contributed by atoms with Gasteiger partial charge in [0.2, 0.25) is 0 Å². The smallest absolute Gasteiger partial charge is 0.407 e. The van der Waals surface area contributed by atoms with Gasteiger partial charge in [0.05, 0.1) is 8.10 Å². The van der Waals surface area contributed by atoms with E-state index in [2.05, 4.69) is 137 Å². The SMILES string of the molecule is CC(C)(C)OC(=O)NC1CCN(CCF)CC1.CC(C)(C)OC(=O)NC1CCNCC1.CC(I)(I)CI.CO.C[C-](C)I.Cl.FCCI.NC1CCN(CCF)CC1.[V]. The van der Waals surface area contributed by atoms with E-state index in [-0.39, 0.29) is 75.3 Å². The summed E-state index contributed by atoms with van der Waals surface area (Å²) in [7, 11) is 1.00. The van der Waals surface area contributed by atoms with Gasteiger partial charge in [-0.3, -0.25) is 8.32 Å². The number of nitrogens with two attached hydrogens (primary N) is 1. The molecule has 0 spiro atoms. The van der Waals surface area contributed by atoms with Crippen LogP contribution in [0.15, 0.2) is 0 Å². The Morgan fingerprint density at radius 2 is 1.03 bits per heavy atom. The molecule has 0 aliphatic carbocycles. The molecule has 0 aromatic carbocycles. The predicted molar refractivity (Wildman–Crippen MR) is 284 cm³/mol. The Bertz CT molecular complexity index is 927. The summed E-state index contributed by atoms with van der Waals surface area (Å²) in [5.41, 5.74) is 4.81. The van der Waals surface area contributed by atoms with E-state index in [0.29, 0.717) is 25.0 Å². The zero-order chi connectivity index (χ0) is 45.1. The van der Waals surface area contributed by atoms with Crippen molar-refractivity contribution in [3.05, 3.63) is 3.92 Å². The molecule has 0 aromatic heterocycles. The second kappa shape index (κ2) is 45.8. The normalized spacial score (nSPS) is 16.4. The first-order chi connectivity index (χ1) is 26.4. The molecular weight excluding hydrogens is 1400 g/mol. The molecule has 0 aromatic rings. The number of hydrogen-bond acceptors (Lipinski definition) is 9. The van der Waals surface area contributed by atoms with Crippen molar-refractivity contribution in [2.75, 3.05) is 88.3 Å². The monoisotopic (exact) mass is 1480 g/mol. The number of nitrogens with one attached hydrogen (secondary N) is 3. The molecule has 3 saturated heterocycles. The minimum atomic E-state index is -0.459. The van der Waals surface area contributed by atoms with Crippen LogP contribution < -0.4 is 21.7 Å². The maximum Gasteiger partial charge on any atom is 0.407 e. The second-order valence-corrected chi connectivity index (χ2v) is 26.3. The first kappa shape index (κ1) is 73.2. The molecule has 11 nitrogen and oxygen atoms in total. The van der Waals surface area contributed by atoms with Crippen LogP contribution in [0.1, 0.15) is 101 Å². The van der Waals surface area contributed by atoms with Crippen molar-refractivity contribution in [3.8, 4) is 0 Å². The molecular formula is C38H78ClF3I5N6O5V-. The van der Waals surface area contributed by atoms with E-state index >= 15 is 0 Å². The van der Waals surface area contributed by atoms with E-state index < -0.39 is 11.2 Å². The Morgan fingerprint density at radius 1 is 0.746 bits per heavy atom. The number of rotatable bonds is 8. The largest absolute Gasteiger partial charge is 0.444 e. The number of nitrogens with zero attached hydrogens (tertiary/aromatic N) is 2. The third-order valence-corrected chi connectivity index (χ3v) is 12.7. The number of aliphatic hydroxyl groups is 1. The summed E-state index contributed by atoms with van der Waals surface area (Å²) in [6.45, 7) is 23.4. The van der Waals surface area contributed by atoms with Gasteiger partial charge >= 0.3 is 12.2 Å². The number of piperidine rings is 3. The van der Waals surface area contributed by atoms with Gasteiger partial charge < -0.3 is 68.7 Å². The van der Waals surface area contributed by atoms with Gasteiger partial charge in [0.25, 0.3) is 0 Å². The summed E-state index contributed by atoms with van der Waals surface area (Å²) < 4.78 is 48.7. The molecule has 2 amide bonds. The number of amides is 2. The number of alkyl halides is 7. The number of hydrogen-bond donors (Lipinski definition) is 5. The zero-order valence-corrected chi connectivity index (χ0v) is 50.1. The Kier molecular flexibility index (Phi) is 56.8. The quantitative estimate of drug-likeness (QED) is 0.0913. The van der Waals surface area contributed by atoms with Crippen molar-refractivity contribution in [2.45, 2.75) is 132 Å². The minimum absolute atomic E-state index is 0. The molecule has 21 heteroatoms. The molecule has 3 rings (SSSR count). The van der Waals surface area contributed by atoms with E-state index in [9.17, 15) is 22.8 Å². The molecule has 3 aliphatic rings. The van der Waals surface area contributed by atoms with Gasteiger partial charge in [-0.25, -0.2) is 18.4 Å². The predicted octanol–water partition coefficient (Wildman–Crippen LogP) is 10.0. The van der Waals surface area contributed by atoms with Crippen LogP contribution in [0.3, 0.4) is 0 Å². The van der Waals surface area contributed by atoms with Crippen LogP contribution >= 0.6 is 125 Å². The summed E-state index contributed by atoms with van der Waals surface area (Å²) in [6, 6.07) is 0.780. The molecule has 0 saturated carbocycles. The van der Waals surface area contributed by atoms with Gasteiger partial charge in [-0.1, -0.05) is 90.4 Å². The number of halogens is 9. The number of alkyl carbamates (subject to hydrolysis) is 2. The van der Waals surface area contributed by atoms with Crippen molar-refractivity contribution in [2.24, 2.45) is 5.73 Å². The first-order valence-corrected chi connectivity index (χ1v) is 25.7. The third-order valence-electron chi connectivity index (χ3n) is 7.11. The van der Waals surface area contributed by atoms with Crippen LogP contribution in [0.4, 0.5) is 22.8 Å². The molecule has 6 N–H and O–H groups in total. The van der Waals surface area contributed by atoms with E-state index in [4.69, 9.17) is 20.3 Å². The van der Waals surface area contributed by atoms with Gasteiger partial charge in [-0.2, -0.15) is 13.8 Å². The molecule has 1 radical (unpaired) electrons. The van der Waals surface area contributed by atoms with Crippen molar-refractivity contribution < 1.29 is 55.9 Å². The van der Waals surface area contributed by atoms with Crippen LogP contribution in [0.5, 0.6) is 0 Å². The molecule has 0 atom stereocenters. The van der Waals surface area contributed by atoms with E-state index in [1.165, 1.54) is 8.35 Å². The van der Waals surface area contributed by atoms with E-state index in [0.717, 1.165) is 84.9 Å². The second-order valence-electron chi connectivity index (χ2n) is 15.4. The van der Waals surface area contributed by atoms with E-state index in [1.807, 2.05) is 64.1 Å². The van der Waals surface area contributed by atoms with Crippen molar-refractivity contribution >= 4 is 138 Å². The average molecular weight is 1480 g/mol. The Hall–Kier alpha value is 2.65. The number of ether oxygens (including phenoxy) is 2. The first-order valence-electron chi connectivity index (χ1n) is 19.4. The number of likely N-dealkylation sites (tertiary alicyclic amines) is 2. The fourth-order valence-electron chi connectivity index (χ4n) is 4.63. The fourth-order valence-corrected chi connectivity index (χ4v) is 4.63. The number of aliphatic hydroxyl groups excluding tert-OH is 1. The topological polar surface area (TPSA) is 141 Å². The van der Waals surface area contributed by atoms with Crippen LogP contribution in [0.25, 0.3) is 0 Å². The third kappa shape index (κ3) is 60.7. The van der Waals surface area contributed by atoms with Crippen molar-refractivity contribution in [1.82, 2.24) is 25.8 Å². The maximum atomic E-state index is 12.1. The average Bonchev–Trinajstić information content (AvgIpc) is 3.10. The van der Waals surface area contributed by atoms with Gasteiger partial charge in [-0.15, -0.1) is 12.4 Å². The molecule has 0 bridgehead atoms. The minimum Gasteiger partial charge on any atom is -0.444 e. The molecule has 359 valence electrons. The molecule has 0 unspecified atom stereocenters. The maximum absolute atomic E-state index is 12.1. The summed E-state index contributed by atoms with van der Waals surface area (Å²) >= 11 is 11.5. The van der Waals surface area contributed by atoms with Crippen molar-refractivity contribution in [1.29, 1.82) is 0 Å². The number of carbonyl (C=O) groups is 2. The summed E-state index contributed by atoms with van der Waals surface area (Å²) in [4.78, 5) is 27.1. The number of carbonyl (C=O) groups excluding carboxylic acids is 2. The molecule has 3 aliphatic heterocycles. The molecule has 3 fully saturated rings. The van der Waals surface area contributed by atoms with Gasteiger partial charge in [0.1, 0.15) is 24.6 Å². The Balaban J connectivity index is -0.000000151. The van der Waals surface area contributed by atoms with E-state index in [1.54, 1.807) is 0 Å². The fraction of sp³-hybridized carbons (Fsp3) is 0.921. The van der Waals surface area contributed by atoms with Crippen LogP contribution in [-0.4, -0.2) is 146 Å². The van der Waals surface area contributed by atoms with Crippen LogP contribution in [-0.2, 0) is 28.0 Å². The van der Waals surface area contributed by atoms with Crippen LogP contribution in [0.2, 0.25) is 0 Å². The van der Waals surface area contributed by atoms with Crippen LogP contribution in [0, 0.1) is 3.92 Å². The van der Waals surface area contributed by atoms with Crippen molar-refractivity contribution in [3.63, 3.8) is 0 Å². The van der Waals surface area contributed by atoms with Gasteiger partial charge in [0.15, 0.2) is 0 Å². The molecule has 59 heavy (non-hydrogen) atoms. The molecule has 3 heterocycles.